The summed E-state index contributed by atoms with van der Waals surface area (Å²) in [6, 6.07) is 0. The van der Waals surface area contributed by atoms with Crippen LogP contribution < -0.4 is 0 Å². The predicted molar refractivity (Wildman–Crippen MR) is 76.0 cm³/mol. The van der Waals surface area contributed by atoms with Crippen LogP contribution in [0, 0.1) is 5.92 Å². The van der Waals surface area contributed by atoms with Gasteiger partial charge in [-0.25, -0.2) is 8.78 Å². The first-order valence-electron chi connectivity index (χ1n) is 7.81. The molecule has 0 aromatic rings. The van der Waals surface area contributed by atoms with Crippen molar-refractivity contribution in [3.8, 4) is 0 Å². The summed E-state index contributed by atoms with van der Waals surface area (Å²) >= 11 is 0. The average molecular weight is 416 g/mol. The fraction of sp³-hybridized carbons (Fsp3) is 0.867. The summed E-state index contributed by atoms with van der Waals surface area (Å²) in [5, 5.41) is 0. The summed E-state index contributed by atoms with van der Waals surface area (Å²) < 4.78 is 110. The summed E-state index contributed by atoms with van der Waals surface area (Å²) in [7, 11) is 0. The molecule has 4 nitrogen and oxygen atoms in total. The van der Waals surface area contributed by atoms with Crippen molar-refractivity contribution >= 4 is 11.9 Å². The summed E-state index contributed by atoms with van der Waals surface area (Å²) in [5.74, 6) is -20.8. The van der Waals surface area contributed by atoms with E-state index in [1.807, 2.05) is 13.8 Å². The highest BCUT2D eigenvalue weighted by Crippen LogP contribution is 2.48. The lowest BCUT2D eigenvalue weighted by atomic mass is 10.1. The summed E-state index contributed by atoms with van der Waals surface area (Å²) in [5.41, 5.74) is 0. The lowest BCUT2D eigenvalue weighted by molar-refractivity contribution is -0.344. The van der Waals surface area contributed by atoms with Crippen molar-refractivity contribution in [2.24, 2.45) is 5.92 Å². The van der Waals surface area contributed by atoms with E-state index in [-0.39, 0.29) is 5.92 Å². The van der Waals surface area contributed by atoms with E-state index in [9.17, 15) is 44.7 Å². The molecule has 1 atom stereocenters. The average Bonchev–Trinajstić information content (AvgIpc) is 2.49. The number of carbonyl (C=O) groups is 2. The van der Waals surface area contributed by atoms with Crippen LogP contribution in [0.5, 0.6) is 0 Å². The van der Waals surface area contributed by atoms with E-state index >= 15 is 0 Å². The van der Waals surface area contributed by atoms with E-state index in [0.29, 0.717) is 6.42 Å². The normalized spacial score (nSPS) is 14.4. The Labute approximate surface area is 150 Å². The molecule has 0 radical (unpaired) electrons. The molecule has 0 fully saturated rings. The fourth-order valence-corrected chi connectivity index (χ4v) is 1.91. The number of carbonyl (C=O) groups excluding carboxylic acids is 2. The fourth-order valence-electron chi connectivity index (χ4n) is 1.91. The van der Waals surface area contributed by atoms with Gasteiger partial charge in [-0.2, -0.15) is 26.3 Å². The van der Waals surface area contributed by atoms with Crippen LogP contribution in [0.15, 0.2) is 0 Å². The molecule has 0 aliphatic rings. The lowest BCUT2D eigenvalue weighted by Crippen LogP contribution is -2.59. The zero-order valence-corrected chi connectivity index (χ0v) is 14.7. The molecule has 0 heterocycles. The molecule has 27 heavy (non-hydrogen) atoms. The Morgan fingerprint density at radius 3 is 1.81 bits per heavy atom. The third-order valence-electron chi connectivity index (χ3n) is 3.24. The molecule has 12 heteroatoms. The largest absolute Gasteiger partial charge is 0.463 e. The van der Waals surface area contributed by atoms with Crippen LogP contribution in [0.4, 0.5) is 35.1 Å². The SMILES string of the molecule is CC(C)CC(C)OC(=O)CCC(=O)OCC(F)(F)C(F)(F)C(F)(F)C(F)F. The number of alkyl halides is 8. The molecular weight excluding hydrogens is 396 g/mol. The van der Waals surface area contributed by atoms with Crippen LogP contribution in [-0.4, -0.2) is 48.8 Å². The second-order valence-electron chi connectivity index (χ2n) is 6.29. The first-order valence-corrected chi connectivity index (χ1v) is 7.81. The molecule has 0 saturated carbocycles. The molecule has 0 saturated heterocycles. The van der Waals surface area contributed by atoms with Gasteiger partial charge >= 0.3 is 36.1 Å². The highest BCUT2D eigenvalue weighted by Gasteiger charge is 2.75. The van der Waals surface area contributed by atoms with Crippen molar-refractivity contribution < 1.29 is 54.2 Å². The first-order chi connectivity index (χ1) is 12.0. The Morgan fingerprint density at radius 2 is 1.37 bits per heavy atom. The van der Waals surface area contributed by atoms with Gasteiger partial charge in [0.25, 0.3) is 0 Å². The van der Waals surface area contributed by atoms with Crippen molar-refractivity contribution in [2.75, 3.05) is 6.61 Å². The van der Waals surface area contributed by atoms with E-state index in [1.54, 1.807) is 6.92 Å². The quantitative estimate of drug-likeness (QED) is 0.369. The Morgan fingerprint density at radius 1 is 0.889 bits per heavy atom. The van der Waals surface area contributed by atoms with Crippen LogP contribution in [-0.2, 0) is 19.1 Å². The maximum atomic E-state index is 13.2. The van der Waals surface area contributed by atoms with Gasteiger partial charge in [-0.3, -0.25) is 9.59 Å². The van der Waals surface area contributed by atoms with Crippen molar-refractivity contribution in [2.45, 2.75) is 70.3 Å². The Kier molecular flexibility index (Phi) is 8.97. The minimum atomic E-state index is -6.46. The van der Waals surface area contributed by atoms with Crippen molar-refractivity contribution in [3.63, 3.8) is 0 Å². The van der Waals surface area contributed by atoms with E-state index in [2.05, 4.69) is 4.74 Å². The summed E-state index contributed by atoms with van der Waals surface area (Å²) in [6.07, 6.45) is -6.52. The van der Waals surface area contributed by atoms with Gasteiger partial charge in [0.1, 0.15) is 0 Å². The van der Waals surface area contributed by atoms with Gasteiger partial charge in [-0.05, 0) is 19.3 Å². The van der Waals surface area contributed by atoms with Gasteiger partial charge in [-0.15, -0.1) is 0 Å². The van der Waals surface area contributed by atoms with Crippen LogP contribution in [0.1, 0.15) is 40.0 Å². The lowest BCUT2D eigenvalue weighted by Gasteiger charge is -2.31. The van der Waals surface area contributed by atoms with Gasteiger partial charge in [-0.1, -0.05) is 13.8 Å². The van der Waals surface area contributed by atoms with E-state index in [0.717, 1.165) is 0 Å². The molecule has 0 aromatic carbocycles. The van der Waals surface area contributed by atoms with Crippen LogP contribution in [0.2, 0.25) is 0 Å². The van der Waals surface area contributed by atoms with Gasteiger partial charge in [0.15, 0.2) is 6.61 Å². The van der Waals surface area contributed by atoms with Crippen molar-refractivity contribution in [1.82, 2.24) is 0 Å². The maximum Gasteiger partial charge on any atom is 0.381 e. The van der Waals surface area contributed by atoms with Gasteiger partial charge in [0.2, 0.25) is 0 Å². The summed E-state index contributed by atoms with van der Waals surface area (Å²) in [6.45, 7) is 2.73. The molecular formula is C15H20F8O4. The monoisotopic (exact) mass is 416 g/mol. The molecule has 0 amide bonds. The Balaban J connectivity index is 4.58. The molecule has 0 N–H and O–H groups in total. The molecule has 0 aliphatic carbocycles. The third-order valence-corrected chi connectivity index (χ3v) is 3.24. The van der Waals surface area contributed by atoms with E-state index < -0.39 is 61.7 Å². The van der Waals surface area contributed by atoms with Crippen molar-refractivity contribution in [1.29, 1.82) is 0 Å². The predicted octanol–water partition coefficient (Wildman–Crippen LogP) is 4.46. The van der Waals surface area contributed by atoms with Gasteiger partial charge < -0.3 is 9.47 Å². The first kappa shape index (κ1) is 25.4. The number of esters is 2. The minimum Gasteiger partial charge on any atom is -0.463 e. The number of halogens is 8. The Hall–Kier alpha value is -1.62. The second kappa shape index (κ2) is 9.54. The van der Waals surface area contributed by atoms with E-state index in [1.165, 1.54) is 0 Å². The number of hydrogen-bond donors (Lipinski definition) is 0. The van der Waals surface area contributed by atoms with Gasteiger partial charge in [0.05, 0.1) is 18.9 Å². The van der Waals surface area contributed by atoms with E-state index in [4.69, 9.17) is 4.74 Å². The minimum absolute atomic E-state index is 0.202. The standard InChI is InChI=1S/C15H20F8O4/c1-8(2)6-9(3)27-11(25)5-4-10(24)26-7-13(18,19)15(22,23)14(20,21)12(16)17/h8-9,12H,4-7H2,1-3H3. The molecule has 0 spiro atoms. The topological polar surface area (TPSA) is 52.6 Å². The zero-order chi connectivity index (χ0) is 21.6. The van der Waals surface area contributed by atoms with Gasteiger partial charge in [0, 0.05) is 0 Å². The molecule has 160 valence electrons. The molecule has 0 aromatic heterocycles. The molecule has 0 rings (SSSR count). The Bertz CT molecular complexity index is 508. The molecule has 1 unspecified atom stereocenters. The highest BCUT2D eigenvalue weighted by molar-refractivity contribution is 5.77. The maximum absolute atomic E-state index is 13.2. The number of ether oxygens (including phenoxy) is 2. The highest BCUT2D eigenvalue weighted by atomic mass is 19.4. The zero-order valence-electron chi connectivity index (χ0n) is 14.7. The van der Waals surface area contributed by atoms with Crippen LogP contribution >= 0.6 is 0 Å². The van der Waals surface area contributed by atoms with Crippen LogP contribution in [0.3, 0.4) is 0 Å². The second-order valence-corrected chi connectivity index (χ2v) is 6.29. The smallest absolute Gasteiger partial charge is 0.381 e. The van der Waals surface area contributed by atoms with Crippen molar-refractivity contribution in [3.05, 3.63) is 0 Å². The number of hydrogen-bond acceptors (Lipinski definition) is 4. The molecule has 0 aliphatic heterocycles. The molecule has 0 bridgehead atoms. The van der Waals surface area contributed by atoms with Crippen LogP contribution in [0.25, 0.3) is 0 Å². The summed E-state index contributed by atoms with van der Waals surface area (Å²) in [4.78, 5) is 22.6. The number of rotatable bonds is 11. The third kappa shape index (κ3) is 7.13.